The van der Waals surface area contributed by atoms with Crippen molar-refractivity contribution in [3.63, 3.8) is 0 Å². The van der Waals surface area contributed by atoms with Gasteiger partial charge in [0.2, 0.25) is 5.16 Å². The molecule has 0 aliphatic heterocycles. The van der Waals surface area contributed by atoms with Crippen molar-refractivity contribution in [2.45, 2.75) is 25.9 Å². The van der Waals surface area contributed by atoms with Crippen LogP contribution in [0.5, 0.6) is 0 Å². The summed E-state index contributed by atoms with van der Waals surface area (Å²) in [6.07, 6.45) is 0. The van der Waals surface area contributed by atoms with Crippen molar-refractivity contribution in [2.24, 2.45) is 0 Å². The number of rotatable bonds is 4. The molecule has 0 fully saturated rings. The zero-order valence-corrected chi connectivity index (χ0v) is 13.0. The fraction of sp³-hybridized carbons (Fsp3) is 0.308. The number of hydrogen-bond donors (Lipinski definition) is 1. The van der Waals surface area contributed by atoms with Crippen molar-refractivity contribution in [3.8, 4) is 0 Å². The number of carbonyl (C=O) groups is 1. The molecule has 2 aromatic rings. The molecule has 2 rings (SSSR count). The molecule has 0 saturated carbocycles. The molecule has 106 valence electrons. The van der Waals surface area contributed by atoms with Gasteiger partial charge in [-0.2, -0.15) is 0 Å². The number of aryl methyl sites for hydroxylation is 2. The minimum absolute atomic E-state index is 0.282. The lowest BCUT2D eigenvalue weighted by Crippen LogP contribution is -2.25. The number of nitrogens with zero attached hydrogens (tertiary/aromatic N) is 3. The molecule has 0 aliphatic carbocycles. The quantitative estimate of drug-likeness (QED) is 0.882. The second-order valence-electron chi connectivity index (χ2n) is 4.22. The van der Waals surface area contributed by atoms with Gasteiger partial charge in [-0.3, -0.25) is 10.2 Å². The van der Waals surface area contributed by atoms with Gasteiger partial charge in [0.25, 0.3) is 5.91 Å². The van der Waals surface area contributed by atoms with Crippen molar-refractivity contribution >= 4 is 29.3 Å². The van der Waals surface area contributed by atoms with Gasteiger partial charge in [0.15, 0.2) is 0 Å². The SMILES string of the molecule is CCSc1nnc(C)n1NC(=O)c1ccc(C)cc1Cl. The van der Waals surface area contributed by atoms with Gasteiger partial charge in [-0.15, -0.1) is 10.2 Å². The maximum Gasteiger partial charge on any atom is 0.271 e. The zero-order valence-electron chi connectivity index (χ0n) is 11.5. The van der Waals surface area contributed by atoms with E-state index in [1.807, 2.05) is 19.9 Å². The van der Waals surface area contributed by atoms with Crippen LogP contribution < -0.4 is 5.43 Å². The van der Waals surface area contributed by atoms with E-state index in [1.54, 1.807) is 23.7 Å². The van der Waals surface area contributed by atoms with E-state index in [-0.39, 0.29) is 5.91 Å². The van der Waals surface area contributed by atoms with Crippen molar-refractivity contribution in [1.82, 2.24) is 14.9 Å². The highest BCUT2D eigenvalue weighted by Crippen LogP contribution is 2.19. The third-order valence-corrected chi connectivity index (χ3v) is 3.77. The molecule has 7 heteroatoms. The molecule has 1 N–H and O–H groups in total. The number of hydrogen-bond acceptors (Lipinski definition) is 4. The number of aromatic nitrogens is 3. The highest BCUT2D eigenvalue weighted by molar-refractivity contribution is 7.99. The predicted molar refractivity (Wildman–Crippen MR) is 81.0 cm³/mol. The third kappa shape index (κ3) is 3.13. The maximum atomic E-state index is 12.3. The van der Waals surface area contributed by atoms with E-state index >= 15 is 0 Å². The molecule has 0 bridgehead atoms. The first-order chi connectivity index (χ1) is 9.52. The van der Waals surface area contributed by atoms with E-state index in [0.717, 1.165) is 11.3 Å². The van der Waals surface area contributed by atoms with Crippen molar-refractivity contribution in [3.05, 3.63) is 40.2 Å². The number of benzene rings is 1. The van der Waals surface area contributed by atoms with E-state index in [1.165, 1.54) is 11.8 Å². The Labute approximate surface area is 126 Å². The van der Waals surface area contributed by atoms with E-state index in [9.17, 15) is 4.79 Å². The van der Waals surface area contributed by atoms with Crippen LogP contribution in [0.25, 0.3) is 0 Å². The summed E-state index contributed by atoms with van der Waals surface area (Å²) >= 11 is 7.61. The monoisotopic (exact) mass is 310 g/mol. The van der Waals surface area contributed by atoms with Crippen LogP contribution in [-0.4, -0.2) is 26.5 Å². The van der Waals surface area contributed by atoms with Gasteiger partial charge < -0.3 is 0 Å². The standard InChI is InChI=1S/C13H15ClN4OS/c1-4-20-13-16-15-9(3)18(13)17-12(19)10-6-5-8(2)7-11(10)14/h5-7H,4H2,1-3H3,(H,17,19). The van der Waals surface area contributed by atoms with Crippen molar-refractivity contribution in [1.29, 1.82) is 0 Å². The first-order valence-electron chi connectivity index (χ1n) is 6.15. The molecule has 1 aromatic carbocycles. The summed E-state index contributed by atoms with van der Waals surface area (Å²) in [5.74, 6) is 1.19. The van der Waals surface area contributed by atoms with Crippen LogP contribution in [-0.2, 0) is 0 Å². The minimum Gasteiger partial charge on any atom is -0.267 e. The third-order valence-electron chi connectivity index (χ3n) is 2.65. The summed E-state index contributed by atoms with van der Waals surface area (Å²) in [6.45, 7) is 5.72. The summed E-state index contributed by atoms with van der Waals surface area (Å²) < 4.78 is 1.58. The molecule has 0 atom stereocenters. The summed E-state index contributed by atoms with van der Waals surface area (Å²) in [5.41, 5.74) is 4.20. The van der Waals surface area contributed by atoms with Crippen molar-refractivity contribution < 1.29 is 4.79 Å². The van der Waals surface area contributed by atoms with Gasteiger partial charge in [0.05, 0.1) is 10.6 Å². The van der Waals surface area contributed by atoms with Crippen LogP contribution in [0.15, 0.2) is 23.4 Å². The molecule has 0 aliphatic rings. The van der Waals surface area contributed by atoms with Gasteiger partial charge in [-0.05, 0) is 37.3 Å². The summed E-state index contributed by atoms with van der Waals surface area (Å²) in [4.78, 5) is 12.3. The molecule has 1 aromatic heterocycles. The molecule has 5 nitrogen and oxygen atoms in total. The van der Waals surface area contributed by atoms with Crippen LogP contribution in [0, 0.1) is 13.8 Å². The summed E-state index contributed by atoms with van der Waals surface area (Å²) in [6, 6.07) is 5.32. The Balaban J connectivity index is 2.25. The maximum absolute atomic E-state index is 12.3. The Kier molecular flexibility index (Phi) is 4.67. The minimum atomic E-state index is -0.282. The first kappa shape index (κ1) is 14.9. The normalized spacial score (nSPS) is 10.6. The van der Waals surface area contributed by atoms with E-state index in [4.69, 9.17) is 11.6 Å². The van der Waals surface area contributed by atoms with Gasteiger partial charge in [-0.1, -0.05) is 36.4 Å². The van der Waals surface area contributed by atoms with E-state index < -0.39 is 0 Å². The van der Waals surface area contributed by atoms with Crippen LogP contribution in [0.4, 0.5) is 0 Å². The molecule has 0 spiro atoms. The lowest BCUT2D eigenvalue weighted by molar-refractivity contribution is 0.101. The topological polar surface area (TPSA) is 59.8 Å². The Morgan fingerprint density at radius 1 is 1.40 bits per heavy atom. The van der Waals surface area contributed by atoms with E-state index in [2.05, 4.69) is 15.6 Å². The average Bonchev–Trinajstić information content (AvgIpc) is 2.72. The second-order valence-corrected chi connectivity index (χ2v) is 5.86. The summed E-state index contributed by atoms with van der Waals surface area (Å²) in [7, 11) is 0. The Morgan fingerprint density at radius 3 is 2.80 bits per heavy atom. The molecule has 1 amide bonds. The van der Waals surface area contributed by atoms with Gasteiger partial charge in [-0.25, -0.2) is 4.68 Å². The summed E-state index contributed by atoms with van der Waals surface area (Å²) in [5, 5.41) is 9.06. The first-order valence-corrected chi connectivity index (χ1v) is 7.51. The Hall–Kier alpha value is -1.53. The molecular formula is C13H15ClN4OS. The fourth-order valence-electron chi connectivity index (χ4n) is 1.66. The lowest BCUT2D eigenvalue weighted by Gasteiger charge is -2.10. The number of thioether (sulfide) groups is 1. The predicted octanol–water partition coefficient (Wildman–Crippen LogP) is 3.04. The number of amides is 1. The smallest absolute Gasteiger partial charge is 0.267 e. The lowest BCUT2D eigenvalue weighted by atomic mass is 10.1. The zero-order chi connectivity index (χ0) is 14.7. The Morgan fingerprint density at radius 2 is 2.15 bits per heavy atom. The molecule has 1 heterocycles. The number of halogens is 1. The molecule has 0 radical (unpaired) electrons. The van der Waals surface area contributed by atoms with E-state index in [0.29, 0.717) is 21.6 Å². The van der Waals surface area contributed by atoms with Crippen molar-refractivity contribution in [2.75, 3.05) is 11.2 Å². The molecular weight excluding hydrogens is 296 g/mol. The second kappa shape index (κ2) is 6.28. The number of nitrogens with one attached hydrogen (secondary N) is 1. The van der Waals surface area contributed by atoms with Gasteiger partial charge in [0.1, 0.15) is 5.82 Å². The van der Waals surface area contributed by atoms with Gasteiger partial charge in [0, 0.05) is 0 Å². The molecule has 0 unspecified atom stereocenters. The molecule has 20 heavy (non-hydrogen) atoms. The van der Waals surface area contributed by atoms with Crippen LogP contribution in [0.1, 0.15) is 28.7 Å². The average molecular weight is 311 g/mol. The number of carbonyl (C=O) groups excluding carboxylic acids is 1. The Bertz CT molecular complexity index is 641. The highest BCUT2D eigenvalue weighted by Gasteiger charge is 2.15. The largest absolute Gasteiger partial charge is 0.271 e. The van der Waals surface area contributed by atoms with Crippen LogP contribution in [0.3, 0.4) is 0 Å². The van der Waals surface area contributed by atoms with Crippen LogP contribution >= 0.6 is 23.4 Å². The van der Waals surface area contributed by atoms with Crippen LogP contribution in [0.2, 0.25) is 5.02 Å². The molecule has 0 saturated heterocycles. The van der Waals surface area contributed by atoms with Gasteiger partial charge >= 0.3 is 0 Å². The fourth-order valence-corrected chi connectivity index (χ4v) is 2.64. The highest BCUT2D eigenvalue weighted by atomic mass is 35.5.